The molecule has 11 heteroatoms. The maximum absolute atomic E-state index is 13.1. The first kappa shape index (κ1) is 26.5. The molecule has 7 nitrogen and oxygen atoms in total. The molecule has 0 radical (unpaired) electrons. The number of hydrogen-bond acceptors (Lipinski definition) is 7. The second kappa shape index (κ2) is 11.2. The topological polar surface area (TPSA) is 102 Å². The first-order valence-corrected chi connectivity index (χ1v) is 14.6. The monoisotopic (exact) mass is 650 g/mol. The Hall–Kier alpha value is -2.60. The third-order valence-corrected chi connectivity index (χ3v) is 9.50. The molecule has 1 aliphatic heterocycles. The van der Waals surface area contributed by atoms with E-state index in [0.717, 1.165) is 16.1 Å². The number of ether oxygens (including phenoxy) is 1. The summed E-state index contributed by atoms with van der Waals surface area (Å²) >= 11 is 8.09. The Kier molecular flexibility index (Phi) is 8.23. The first-order chi connectivity index (χ1) is 17.2. The van der Waals surface area contributed by atoms with Crippen LogP contribution in [0.4, 0.5) is 11.4 Å². The smallest absolute Gasteiger partial charge is 0.325 e. The van der Waals surface area contributed by atoms with Crippen molar-refractivity contribution < 1.29 is 22.7 Å². The predicted octanol–water partition coefficient (Wildman–Crippen LogP) is 5.86. The SMILES string of the molecule is COC(=O)CNc1ccc(/C=C2\Sc3ccc(S(=O)(=O)Cc4c(Br)cccc4Br)cc3NC2=O)cc1. The Morgan fingerprint density at radius 3 is 2.44 bits per heavy atom. The van der Waals surface area contributed by atoms with Crippen LogP contribution < -0.4 is 10.6 Å². The highest BCUT2D eigenvalue weighted by Gasteiger charge is 2.25. The van der Waals surface area contributed by atoms with E-state index >= 15 is 0 Å². The van der Waals surface area contributed by atoms with Crippen LogP contribution in [0.5, 0.6) is 0 Å². The summed E-state index contributed by atoms with van der Waals surface area (Å²) in [6, 6.07) is 17.4. The molecule has 0 saturated heterocycles. The number of carbonyl (C=O) groups excluding carboxylic acids is 2. The Labute approximate surface area is 229 Å². The standard InChI is InChI=1S/C25H20Br2N2O5S2/c1-34-24(30)13-28-16-7-5-15(6-8-16)11-23-25(31)29-21-12-17(9-10-22(21)35-23)36(32,33)14-18-19(26)3-2-4-20(18)27/h2-12,28H,13-14H2,1H3,(H,29,31)/b23-11-. The van der Waals surface area contributed by atoms with Crippen LogP contribution in [-0.4, -0.2) is 33.9 Å². The molecule has 0 saturated carbocycles. The molecule has 0 fully saturated rings. The lowest BCUT2D eigenvalue weighted by molar-refractivity contribution is -0.138. The third-order valence-electron chi connectivity index (χ3n) is 5.27. The highest BCUT2D eigenvalue weighted by molar-refractivity contribution is 9.11. The van der Waals surface area contributed by atoms with Crippen LogP contribution in [0, 0.1) is 0 Å². The van der Waals surface area contributed by atoms with Crippen LogP contribution in [0.25, 0.3) is 6.08 Å². The number of hydrogen-bond donors (Lipinski definition) is 2. The Bertz CT molecular complexity index is 1450. The van der Waals surface area contributed by atoms with Crippen molar-refractivity contribution >= 4 is 82.8 Å². The van der Waals surface area contributed by atoms with Crippen molar-refractivity contribution in [2.45, 2.75) is 15.5 Å². The van der Waals surface area contributed by atoms with E-state index < -0.39 is 9.84 Å². The number of methoxy groups -OCH3 is 1. The molecule has 186 valence electrons. The van der Waals surface area contributed by atoms with Gasteiger partial charge in [-0.1, -0.05) is 61.8 Å². The van der Waals surface area contributed by atoms with Gasteiger partial charge in [0.15, 0.2) is 9.84 Å². The second-order valence-electron chi connectivity index (χ2n) is 7.73. The summed E-state index contributed by atoms with van der Waals surface area (Å²) in [6.07, 6.45) is 1.75. The number of fused-ring (bicyclic) bond motifs is 1. The fourth-order valence-corrected chi connectivity index (χ4v) is 7.38. The van der Waals surface area contributed by atoms with Gasteiger partial charge >= 0.3 is 5.97 Å². The molecule has 2 N–H and O–H groups in total. The van der Waals surface area contributed by atoms with Gasteiger partial charge in [0.05, 0.1) is 28.4 Å². The maximum atomic E-state index is 13.1. The molecule has 1 aliphatic rings. The van der Waals surface area contributed by atoms with Gasteiger partial charge in [-0.05, 0) is 59.7 Å². The minimum atomic E-state index is -3.66. The zero-order chi connectivity index (χ0) is 25.9. The minimum Gasteiger partial charge on any atom is -0.468 e. The largest absolute Gasteiger partial charge is 0.468 e. The fourth-order valence-electron chi connectivity index (χ4n) is 3.37. The molecule has 0 bridgehead atoms. The number of amides is 1. The Morgan fingerprint density at radius 2 is 1.78 bits per heavy atom. The summed E-state index contributed by atoms with van der Waals surface area (Å²) in [5.41, 5.74) is 2.64. The van der Waals surface area contributed by atoms with Crippen molar-refractivity contribution in [3.63, 3.8) is 0 Å². The van der Waals surface area contributed by atoms with Crippen molar-refractivity contribution in [2.24, 2.45) is 0 Å². The van der Waals surface area contributed by atoms with E-state index in [4.69, 9.17) is 0 Å². The number of esters is 1. The molecule has 36 heavy (non-hydrogen) atoms. The van der Waals surface area contributed by atoms with E-state index in [1.807, 2.05) is 18.2 Å². The molecule has 0 aliphatic carbocycles. The summed E-state index contributed by atoms with van der Waals surface area (Å²) < 4.78 is 32.2. The number of anilines is 2. The summed E-state index contributed by atoms with van der Waals surface area (Å²) in [6.45, 7) is 0.0591. The van der Waals surface area contributed by atoms with Gasteiger partial charge in [-0.25, -0.2) is 8.42 Å². The van der Waals surface area contributed by atoms with Crippen LogP contribution in [0.15, 0.2) is 84.3 Å². The van der Waals surface area contributed by atoms with Gasteiger partial charge in [-0.3, -0.25) is 9.59 Å². The van der Waals surface area contributed by atoms with Gasteiger partial charge in [0.1, 0.15) is 6.54 Å². The molecule has 0 aromatic heterocycles. The Morgan fingerprint density at radius 1 is 1.08 bits per heavy atom. The van der Waals surface area contributed by atoms with Crippen LogP contribution in [0.2, 0.25) is 0 Å². The number of rotatable bonds is 7. The van der Waals surface area contributed by atoms with Crippen LogP contribution in [0.1, 0.15) is 11.1 Å². The molecular formula is C25H20Br2N2O5S2. The van der Waals surface area contributed by atoms with E-state index in [1.165, 1.54) is 24.9 Å². The van der Waals surface area contributed by atoms with E-state index in [0.29, 0.717) is 25.1 Å². The number of thioether (sulfide) groups is 1. The van der Waals surface area contributed by atoms with Gasteiger partial charge in [0.25, 0.3) is 5.91 Å². The lowest BCUT2D eigenvalue weighted by Gasteiger charge is -2.20. The molecule has 0 spiro atoms. The van der Waals surface area contributed by atoms with Crippen LogP contribution in [0.3, 0.4) is 0 Å². The fraction of sp³-hybridized carbons (Fsp3) is 0.120. The van der Waals surface area contributed by atoms with Gasteiger partial charge < -0.3 is 15.4 Å². The van der Waals surface area contributed by atoms with Gasteiger partial charge in [0, 0.05) is 19.5 Å². The molecule has 0 atom stereocenters. The number of sulfone groups is 1. The number of benzene rings is 3. The summed E-state index contributed by atoms with van der Waals surface area (Å²) in [5, 5.41) is 5.76. The van der Waals surface area contributed by atoms with Crippen LogP contribution in [-0.2, 0) is 29.9 Å². The summed E-state index contributed by atoms with van der Waals surface area (Å²) in [7, 11) is -2.33. The second-order valence-corrected chi connectivity index (χ2v) is 12.5. The maximum Gasteiger partial charge on any atom is 0.325 e. The van der Waals surface area contributed by atoms with Crippen molar-refractivity contribution in [2.75, 3.05) is 24.3 Å². The molecule has 3 aromatic rings. The normalized spacial score (nSPS) is 14.2. The molecule has 0 unspecified atom stereocenters. The summed E-state index contributed by atoms with van der Waals surface area (Å²) in [4.78, 5) is 25.4. The zero-order valence-corrected chi connectivity index (χ0v) is 23.7. The van der Waals surface area contributed by atoms with E-state index in [9.17, 15) is 18.0 Å². The van der Waals surface area contributed by atoms with Crippen molar-refractivity contribution in [3.05, 3.63) is 85.6 Å². The molecule has 1 heterocycles. The lowest BCUT2D eigenvalue weighted by Crippen LogP contribution is -2.18. The summed E-state index contributed by atoms with van der Waals surface area (Å²) in [5.74, 6) is -0.875. The van der Waals surface area contributed by atoms with Crippen molar-refractivity contribution in [1.82, 2.24) is 0 Å². The minimum absolute atomic E-state index is 0.0591. The van der Waals surface area contributed by atoms with Crippen molar-refractivity contribution in [3.8, 4) is 0 Å². The van der Waals surface area contributed by atoms with Gasteiger partial charge in [-0.15, -0.1) is 0 Å². The van der Waals surface area contributed by atoms with Gasteiger partial charge in [-0.2, -0.15) is 0 Å². The number of halogens is 2. The lowest BCUT2D eigenvalue weighted by atomic mass is 10.2. The van der Waals surface area contributed by atoms with Crippen LogP contribution >= 0.6 is 43.6 Å². The molecule has 4 rings (SSSR count). The van der Waals surface area contributed by atoms with Gasteiger partial charge in [0.2, 0.25) is 0 Å². The highest BCUT2D eigenvalue weighted by atomic mass is 79.9. The predicted molar refractivity (Wildman–Crippen MR) is 149 cm³/mol. The average molecular weight is 652 g/mol. The van der Waals surface area contributed by atoms with E-state index in [2.05, 4.69) is 47.2 Å². The van der Waals surface area contributed by atoms with Crippen molar-refractivity contribution in [1.29, 1.82) is 0 Å². The Balaban J connectivity index is 1.51. The first-order valence-electron chi connectivity index (χ1n) is 10.6. The quantitative estimate of drug-likeness (QED) is 0.244. The molecule has 1 amide bonds. The number of carbonyl (C=O) groups is 2. The average Bonchev–Trinajstić information content (AvgIpc) is 2.86. The highest BCUT2D eigenvalue weighted by Crippen LogP contribution is 2.40. The number of nitrogens with one attached hydrogen (secondary N) is 2. The zero-order valence-electron chi connectivity index (χ0n) is 18.9. The molecule has 3 aromatic carbocycles. The molecular weight excluding hydrogens is 632 g/mol. The van der Waals surface area contributed by atoms with E-state index in [1.54, 1.807) is 42.5 Å². The van der Waals surface area contributed by atoms with E-state index in [-0.39, 0.29) is 29.1 Å². The third kappa shape index (κ3) is 6.20.